The van der Waals surface area contributed by atoms with Crippen molar-refractivity contribution in [1.82, 2.24) is 5.32 Å². The average molecular weight is 335 g/mol. The fourth-order valence-electron chi connectivity index (χ4n) is 1.24. The van der Waals surface area contributed by atoms with Crippen LogP contribution in [0.15, 0.2) is 22.7 Å². The van der Waals surface area contributed by atoms with E-state index in [1.807, 2.05) is 0 Å². The van der Waals surface area contributed by atoms with E-state index in [1.165, 1.54) is 25.1 Å². The minimum Gasteiger partial charge on any atom is -0.344 e. The number of halogens is 2. The van der Waals surface area contributed by atoms with Crippen LogP contribution in [0.4, 0.5) is 10.1 Å². The van der Waals surface area contributed by atoms with Gasteiger partial charge in [-0.05, 0) is 34.1 Å². The van der Waals surface area contributed by atoms with Gasteiger partial charge >= 0.3 is 0 Å². The summed E-state index contributed by atoms with van der Waals surface area (Å²) in [6, 6.07) is 3.38. The molecule has 0 radical (unpaired) electrons. The van der Waals surface area contributed by atoms with E-state index in [0.29, 0.717) is 5.69 Å². The van der Waals surface area contributed by atoms with Gasteiger partial charge in [0, 0.05) is 18.4 Å². The Kier molecular flexibility index (Phi) is 5.61. The van der Waals surface area contributed by atoms with Crippen molar-refractivity contribution in [2.24, 2.45) is 0 Å². The molecular weight excluding hydrogens is 323 g/mol. The zero-order valence-electron chi connectivity index (χ0n) is 9.54. The first-order chi connectivity index (χ1) is 8.43. The Labute approximate surface area is 118 Å². The van der Waals surface area contributed by atoms with Crippen LogP contribution in [0.25, 0.3) is 0 Å². The molecule has 1 aromatic carbocycles. The van der Waals surface area contributed by atoms with E-state index in [1.54, 1.807) is 0 Å². The van der Waals surface area contributed by atoms with E-state index in [-0.39, 0.29) is 16.1 Å². The number of hydrogen-bond donors (Lipinski definition) is 3. The molecule has 1 unspecified atom stereocenters. The summed E-state index contributed by atoms with van der Waals surface area (Å²) in [5, 5.41) is 5.03. The molecule has 18 heavy (non-hydrogen) atoms. The van der Waals surface area contributed by atoms with Crippen molar-refractivity contribution in [2.75, 3.05) is 11.1 Å². The van der Waals surface area contributed by atoms with Crippen molar-refractivity contribution in [1.29, 1.82) is 0 Å². The second-order valence-electron chi connectivity index (χ2n) is 3.55. The minimum atomic E-state index is -0.727. The predicted octanol–water partition coefficient (Wildman–Crippen LogP) is 1.96. The van der Waals surface area contributed by atoms with Gasteiger partial charge in [0.1, 0.15) is 11.9 Å². The Morgan fingerprint density at radius 1 is 1.50 bits per heavy atom. The average Bonchev–Trinajstić information content (AvgIpc) is 2.30. The van der Waals surface area contributed by atoms with E-state index in [9.17, 15) is 14.0 Å². The molecule has 7 heteroatoms. The molecule has 0 heterocycles. The van der Waals surface area contributed by atoms with Crippen LogP contribution in [0, 0.1) is 5.82 Å². The summed E-state index contributed by atoms with van der Waals surface area (Å²) < 4.78 is 13.3. The van der Waals surface area contributed by atoms with Crippen molar-refractivity contribution < 1.29 is 14.0 Å². The highest BCUT2D eigenvalue weighted by molar-refractivity contribution is 9.10. The first-order valence-electron chi connectivity index (χ1n) is 5.08. The number of hydrogen-bond acceptors (Lipinski definition) is 3. The molecule has 0 aliphatic carbocycles. The SMILES string of the molecule is CC(=O)NC(CS)C(=O)Nc1ccc(F)c(Br)c1. The predicted molar refractivity (Wildman–Crippen MR) is 74.2 cm³/mol. The molecule has 0 spiro atoms. The van der Waals surface area contributed by atoms with Crippen LogP contribution in [0.5, 0.6) is 0 Å². The van der Waals surface area contributed by atoms with E-state index >= 15 is 0 Å². The molecule has 0 aromatic heterocycles. The highest BCUT2D eigenvalue weighted by Crippen LogP contribution is 2.20. The lowest BCUT2D eigenvalue weighted by molar-refractivity contribution is -0.124. The van der Waals surface area contributed by atoms with E-state index in [0.717, 1.165) is 0 Å². The van der Waals surface area contributed by atoms with Crippen molar-refractivity contribution >= 4 is 46.1 Å². The molecule has 1 rings (SSSR count). The van der Waals surface area contributed by atoms with Gasteiger partial charge in [0.05, 0.1) is 4.47 Å². The molecule has 2 amide bonds. The van der Waals surface area contributed by atoms with Gasteiger partial charge in [-0.15, -0.1) is 0 Å². The van der Waals surface area contributed by atoms with Gasteiger partial charge in [-0.2, -0.15) is 12.6 Å². The summed E-state index contributed by atoms with van der Waals surface area (Å²) in [4.78, 5) is 22.7. The third kappa shape index (κ3) is 4.30. The zero-order chi connectivity index (χ0) is 13.7. The third-order valence-corrected chi connectivity index (χ3v) is 3.04. The van der Waals surface area contributed by atoms with Crippen LogP contribution >= 0.6 is 28.6 Å². The number of anilines is 1. The molecule has 0 aliphatic heterocycles. The molecule has 1 atom stereocenters. The first-order valence-corrected chi connectivity index (χ1v) is 6.50. The Balaban J connectivity index is 2.73. The highest BCUT2D eigenvalue weighted by atomic mass is 79.9. The molecule has 1 aromatic rings. The maximum atomic E-state index is 13.0. The number of benzene rings is 1. The Morgan fingerprint density at radius 3 is 2.67 bits per heavy atom. The summed E-state index contributed by atoms with van der Waals surface area (Å²) >= 11 is 7.01. The number of thiol groups is 1. The van der Waals surface area contributed by atoms with E-state index < -0.39 is 17.8 Å². The van der Waals surface area contributed by atoms with Gasteiger partial charge in [0.15, 0.2) is 0 Å². The van der Waals surface area contributed by atoms with Gasteiger partial charge in [0.25, 0.3) is 0 Å². The van der Waals surface area contributed by atoms with Crippen LogP contribution < -0.4 is 10.6 Å². The molecule has 0 saturated heterocycles. The topological polar surface area (TPSA) is 58.2 Å². The smallest absolute Gasteiger partial charge is 0.247 e. The second kappa shape index (κ2) is 6.75. The fraction of sp³-hybridized carbons (Fsp3) is 0.273. The van der Waals surface area contributed by atoms with E-state index in [4.69, 9.17) is 0 Å². The molecule has 98 valence electrons. The van der Waals surface area contributed by atoms with Crippen molar-refractivity contribution in [3.05, 3.63) is 28.5 Å². The lowest BCUT2D eigenvalue weighted by Gasteiger charge is -2.15. The molecule has 0 saturated carbocycles. The summed E-state index contributed by atoms with van der Waals surface area (Å²) in [6.07, 6.45) is 0. The molecule has 0 aliphatic rings. The van der Waals surface area contributed by atoms with Gasteiger partial charge in [-0.3, -0.25) is 9.59 Å². The molecule has 0 fully saturated rings. The van der Waals surface area contributed by atoms with Gasteiger partial charge in [-0.25, -0.2) is 4.39 Å². The molecule has 2 N–H and O–H groups in total. The third-order valence-electron chi connectivity index (χ3n) is 2.06. The lowest BCUT2D eigenvalue weighted by atomic mass is 10.2. The van der Waals surface area contributed by atoms with Crippen molar-refractivity contribution in [3.63, 3.8) is 0 Å². The maximum absolute atomic E-state index is 13.0. The maximum Gasteiger partial charge on any atom is 0.247 e. The quantitative estimate of drug-likeness (QED) is 0.737. The minimum absolute atomic E-state index is 0.174. The monoisotopic (exact) mass is 334 g/mol. The second-order valence-corrected chi connectivity index (χ2v) is 4.77. The number of rotatable bonds is 4. The standard InChI is InChI=1S/C11H12BrFN2O2S/c1-6(16)14-10(5-18)11(17)15-7-2-3-9(13)8(12)4-7/h2-4,10,18H,5H2,1H3,(H,14,16)(H,15,17). The van der Waals surface area contributed by atoms with Crippen LogP contribution in [0.1, 0.15) is 6.92 Å². The summed E-state index contributed by atoms with van der Waals surface area (Å²) in [6.45, 7) is 1.32. The van der Waals surface area contributed by atoms with Crippen LogP contribution in [0.3, 0.4) is 0 Å². The van der Waals surface area contributed by atoms with E-state index in [2.05, 4.69) is 39.2 Å². The fourth-order valence-corrected chi connectivity index (χ4v) is 1.88. The Hall–Kier alpha value is -1.08. The normalized spacial score (nSPS) is 11.8. The number of nitrogens with one attached hydrogen (secondary N) is 2. The van der Waals surface area contributed by atoms with Crippen molar-refractivity contribution in [2.45, 2.75) is 13.0 Å². The van der Waals surface area contributed by atoms with Gasteiger partial charge in [-0.1, -0.05) is 0 Å². The lowest BCUT2D eigenvalue weighted by Crippen LogP contribution is -2.44. The molecular formula is C11H12BrFN2O2S. The summed E-state index contributed by atoms with van der Waals surface area (Å²) in [7, 11) is 0. The van der Waals surface area contributed by atoms with Gasteiger partial charge < -0.3 is 10.6 Å². The zero-order valence-corrected chi connectivity index (χ0v) is 12.0. The van der Waals surface area contributed by atoms with Crippen LogP contribution in [-0.2, 0) is 9.59 Å². The summed E-state index contributed by atoms with van der Waals surface area (Å²) in [5.74, 6) is -0.961. The van der Waals surface area contributed by atoms with Crippen molar-refractivity contribution in [3.8, 4) is 0 Å². The first kappa shape index (κ1) is 15.0. The highest BCUT2D eigenvalue weighted by Gasteiger charge is 2.17. The van der Waals surface area contributed by atoms with Crippen LogP contribution in [0.2, 0.25) is 0 Å². The van der Waals surface area contributed by atoms with Crippen LogP contribution in [-0.4, -0.2) is 23.6 Å². The molecule has 4 nitrogen and oxygen atoms in total. The van der Waals surface area contributed by atoms with Gasteiger partial charge in [0.2, 0.25) is 11.8 Å². The largest absolute Gasteiger partial charge is 0.344 e. The Bertz CT molecular complexity index is 470. The number of amides is 2. The summed E-state index contributed by atoms with van der Waals surface area (Å²) in [5.41, 5.74) is 0.436. The molecule has 0 bridgehead atoms. The number of carbonyl (C=O) groups excluding carboxylic acids is 2. The Morgan fingerprint density at radius 2 is 2.17 bits per heavy atom. The number of carbonyl (C=O) groups is 2.